The Labute approximate surface area is 107 Å². The molecule has 6 nitrogen and oxygen atoms in total. The number of hydrogen-bond donors (Lipinski definition) is 0. The highest BCUT2D eigenvalue weighted by Gasteiger charge is 2.14. The molecule has 0 unspecified atom stereocenters. The van der Waals surface area contributed by atoms with Crippen LogP contribution in [-0.2, 0) is 13.8 Å². The highest BCUT2D eigenvalue weighted by Crippen LogP contribution is 2.18. The first-order chi connectivity index (χ1) is 7.92. The molecule has 1 heterocycles. The normalized spacial score (nSPS) is 11.4. The van der Waals surface area contributed by atoms with E-state index in [-0.39, 0.29) is 29.0 Å². The van der Waals surface area contributed by atoms with Gasteiger partial charge in [0.2, 0.25) is 9.05 Å². The van der Waals surface area contributed by atoms with Gasteiger partial charge in [0.1, 0.15) is 6.26 Å². The van der Waals surface area contributed by atoms with Gasteiger partial charge in [-0.15, -0.1) is 0 Å². The Morgan fingerprint density at radius 1 is 1.65 bits per heavy atom. The molecular weight excluding hydrogens is 290 g/mol. The van der Waals surface area contributed by atoms with Gasteiger partial charge in [0, 0.05) is 16.4 Å². The summed E-state index contributed by atoms with van der Waals surface area (Å²) in [6.45, 7) is 1.93. The maximum absolute atomic E-state index is 11.2. The maximum atomic E-state index is 11.2. The predicted molar refractivity (Wildman–Crippen MR) is 62.8 cm³/mol. The Morgan fingerprint density at radius 2 is 2.35 bits per heavy atom. The second kappa shape index (κ2) is 6.27. The van der Waals surface area contributed by atoms with E-state index in [1.165, 1.54) is 0 Å². The third-order valence-electron chi connectivity index (χ3n) is 1.52. The van der Waals surface area contributed by atoms with Gasteiger partial charge in [-0.3, -0.25) is 0 Å². The minimum Gasteiger partial charge on any atom is -0.461 e. The van der Waals surface area contributed by atoms with Crippen LogP contribution in [0.25, 0.3) is 0 Å². The topological polar surface area (TPSA) is 86.5 Å². The Kier molecular flexibility index (Phi) is 5.29. The standard InChI is InChI=1S/C8H10ClNO5S2/c1-2-14-7(11)6-5-15-8(10-6)16-3-4-17(9,12)13/h5H,2-4H2,1H3. The van der Waals surface area contributed by atoms with Crippen molar-refractivity contribution in [1.29, 1.82) is 0 Å². The first-order valence-corrected chi connectivity index (χ1v) is 8.06. The molecule has 0 radical (unpaired) electrons. The first kappa shape index (κ1) is 14.3. The highest BCUT2D eigenvalue weighted by molar-refractivity contribution is 8.14. The van der Waals surface area contributed by atoms with Crippen LogP contribution in [0.15, 0.2) is 15.9 Å². The van der Waals surface area contributed by atoms with Crippen LogP contribution in [0.5, 0.6) is 0 Å². The van der Waals surface area contributed by atoms with Crippen LogP contribution in [0.3, 0.4) is 0 Å². The van der Waals surface area contributed by atoms with Gasteiger partial charge in [0.05, 0.1) is 12.4 Å². The van der Waals surface area contributed by atoms with Crippen molar-refractivity contribution in [2.75, 3.05) is 18.1 Å². The number of aromatic nitrogens is 1. The van der Waals surface area contributed by atoms with Gasteiger partial charge < -0.3 is 9.15 Å². The number of rotatable bonds is 6. The maximum Gasteiger partial charge on any atom is 0.360 e. The SMILES string of the molecule is CCOC(=O)c1coc(SCCS(=O)(=O)Cl)n1. The number of halogens is 1. The van der Waals surface area contributed by atoms with E-state index < -0.39 is 15.0 Å². The molecule has 1 rings (SSSR count). The largest absolute Gasteiger partial charge is 0.461 e. The molecule has 1 aromatic heterocycles. The summed E-state index contributed by atoms with van der Waals surface area (Å²) in [7, 11) is 1.51. The number of oxazole rings is 1. The smallest absolute Gasteiger partial charge is 0.360 e. The van der Waals surface area contributed by atoms with E-state index >= 15 is 0 Å². The van der Waals surface area contributed by atoms with Crippen LogP contribution >= 0.6 is 22.4 Å². The summed E-state index contributed by atoms with van der Waals surface area (Å²) in [5.74, 6) is -0.571. The first-order valence-electron chi connectivity index (χ1n) is 4.60. The van der Waals surface area contributed by atoms with Crippen molar-refractivity contribution in [2.45, 2.75) is 12.1 Å². The molecule has 0 bridgehead atoms. The fraction of sp³-hybridized carbons (Fsp3) is 0.500. The number of ether oxygens (including phenoxy) is 1. The summed E-state index contributed by atoms with van der Waals surface area (Å²) in [6, 6.07) is 0. The lowest BCUT2D eigenvalue weighted by molar-refractivity contribution is 0.0519. The molecule has 0 aromatic carbocycles. The lowest BCUT2D eigenvalue weighted by Gasteiger charge is -1.95. The van der Waals surface area contributed by atoms with Crippen LogP contribution in [0, 0.1) is 0 Å². The van der Waals surface area contributed by atoms with Gasteiger partial charge in [-0.25, -0.2) is 13.2 Å². The van der Waals surface area contributed by atoms with E-state index in [9.17, 15) is 13.2 Å². The molecule has 0 amide bonds. The van der Waals surface area contributed by atoms with Crippen molar-refractivity contribution in [3.05, 3.63) is 12.0 Å². The number of thioether (sulfide) groups is 1. The monoisotopic (exact) mass is 299 g/mol. The molecule has 0 N–H and O–H groups in total. The second-order valence-corrected chi connectivity index (χ2v) is 6.75. The van der Waals surface area contributed by atoms with Crippen LogP contribution in [-0.4, -0.2) is 37.5 Å². The van der Waals surface area contributed by atoms with Crippen molar-refractivity contribution in [3.8, 4) is 0 Å². The summed E-state index contributed by atoms with van der Waals surface area (Å²) < 4.78 is 31.0. The molecule has 1 aromatic rings. The molecule has 0 saturated heterocycles. The molecule has 0 aliphatic rings. The highest BCUT2D eigenvalue weighted by atomic mass is 35.7. The van der Waals surface area contributed by atoms with E-state index in [2.05, 4.69) is 4.98 Å². The van der Waals surface area contributed by atoms with Crippen molar-refractivity contribution in [2.24, 2.45) is 0 Å². The van der Waals surface area contributed by atoms with E-state index in [1.54, 1.807) is 6.92 Å². The fourth-order valence-electron chi connectivity index (χ4n) is 0.851. The second-order valence-electron chi connectivity index (χ2n) is 2.81. The van der Waals surface area contributed by atoms with E-state index in [4.69, 9.17) is 19.8 Å². The summed E-state index contributed by atoms with van der Waals surface area (Å²) in [5.41, 5.74) is 0.0584. The van der Waals surface area contributed by atoms with Crippen LogP contribution in [0.2, 0.25) is 0 Å². The minimum atomic E-state index is -3.52. The Morgan fingerprint density at radius 3 is 2.94 bits per heavy atom. The summed E-state index contributed by atoms with van der Waals surface area (Å²) in [5, 5.41) is 0.202. The predicted octanol–water partition coefficient (Wildman–Crippen LogP) is 1.51. The third kappa shape index (κ3) is 5.42. The zero-order valence-corrected chi connectivity index (χ0v) is 11.3. The van der Waals surface area contributed by atoms with E-state index in [0.29, 0.717) is 0 Å². The number of nitrogens with zero attached hydrogens (tertiary/aromatic N) is 1. The fourth-order valence-corrected chi connectivity index (χ4v) is 3.00. The van der Waals surface area contributed by atoms with Crippen LogP contribution < -0.4 is 0 Å². The lowest BCUT2D eigenvalue weighted by atomic mass is 10.5. The van der Waals surface area contributed by atoms with E-state index in [1.807, 2.05) is 0 Å². The Hall–Kier alpha value is -0.730. The zero-order valence-electron chi connectivity index (χ0n) is 8.88. The van der Waals surface area contributed by atoms with Crippen LogP contribution in [0.4, 0.5) is 0 Å². The molecule has 0 atom stereocenters. The number of carbonyl (C=O) groups excluding carboxylic acids is 1. The van der Waals surface area contributed by atoms with Crippen molar-refractivity contribution < 1.29 is 22.4 Å². The van der Waals surface area contributed by atoms with Crippen molar-refractivity contribution in [3.63, 3.8) is 0 Å². The summed E-state index contributed by atoms with van der Waals surface area (Å²) >= 11 is 1.05. The van der Waals surface area contributed by atoms with Gasteiger partial charge in [0.15, 0.2) is 5.69 Å². The molecule has 0 saturated carbocycles. The van der Waals surface area contributed by atoms with Crippen molar-refractivity contribution in [1.82, 2.24) is 4.98 Å². The van der Waals surface area contributed by atoms with Gasteiger partial charge in [-0.05, 0) is 6.92 Å². The average molecular weight is 300 g/mol. The van der Waals surface area contributed by atoms with Gasteiger partial charge >= 0.3 is 5.97 Å². The lowest BCUT2D eigenvalue weighted by Crippen LogP contribution is -2.04. The molecule has 0 fully saturated rings. The molecule has 17 heavy (non-hydrogen) atoms. The van der Waals surface area contributed by atoms with E-state index in [0.717, 1.165) is 18.0 Å². The molecule has 0 spiro atoms. The molecular formula is C8H10ClNO5S2. The average Bonchev–Trinajstić information content (AvgIpc) is 2.65. The number of esters is 1. The summed E-state index contributed by atoms with van der Waals surface area (Å²) in [6.07, 6.45) is 1.16. The minimum absolute atomic E-state index is 0.0584. The quantitative estimate of drug-likeness (QED) is 0.447. The zero-order chi connectivity index (χ0) is 12.9. The molecule has 0 aliphatic heterocycles. The van der Waals surface area contributed by atoms with Gasteiger partial charge in [0.25, 0.3) is 5.22 Å². The Bertz CT molecular complexity index is 484. The number of carbonyl (C=O) groups is 1. The molecule has 0 aliphatic carbocycles. The summed E-state index contributed by atoms with van der Waals surface area (Å²) in [4.78, 5) is 15.1. The van der Waals surface area contributed by atoms with Crippen molar-refractivity contribution >= 4 is 37.5 Å². The molecule has 9 heteroatoms. The number of hydrogen-bond acceptors (Lipinski definition) is 7. The van der Waals surface area contributed by atoms with Gasteiger partial charge in [-0.2, -0.15) is 4.98 Å². The molecule has 96 valence electrons. The van der Waals surface area contributed by atoms with Crippen LogP contribution in [0.1, 0.15) is 17.4 Å². The third-order valence-corrected chi connectivity index (χ3v) is 3.78. The Balaban J connectivity index is 2.49. The van der Waals surface area contributed by atoms with Gasteiger partial charge in [-0.1, -0.05) is 11.8 Å².